The normalized spacial score (nSPS) is 24.2. The van der Waals surface area contributed by atoms with Crippen LogP contribution in [0.3, 0.4) is 0 Å². The van der Waals surface area contributed by atoms with Crippen LogP contribution in [0.1, 0.15) is 93.7 Å². The van der Waals surface area contributed by atoms with Crippen LogP contribution in [0, 0.1) is 27.9 Å². The van der Waals surface area contributed by atoms with E-state index < -0.39 is 35.1 Å². The maximum Gasteiger partial charge on any atom is 0.412 e. The number of rotatable bonds is 21. The number of non-ortho nitro benzene ring substituents is 1. The van der Waals surface area contributed by atoms with Gasteiger partial charge in [-0.2, -0.15) is 0 Å². The van der Waals surface area contributed by atoms with Crippen LogP contribution < -0.4 is 14.8 Å². The Labute approximate surface area is 408 Å². The quantitative estimate of drug-likeness (QED) is 0.0237. The molecule has 2 amide bonds. The Hall–Kier alpha value is -6.39. The standard InChI is InChI=1S/C55H64N4O11/c1-3-31-67-55-49(58(36-40-17-13-16-38-14-5-6-18-43(38)40)50(62)28-23-37-21-24-41(25-22-37)59(64)65)35-47(57-70-51-20-9-12-32-66-51)45-33-39(15-7-10-29-60)44(19-8-11-30-61)52(53(45)55)46-34-42(26-27-48(46)69-55)68-54(63)56-4-2/h3,5-6,13-14,16-18,21-28,33-34,39,44,49,51-53,60-61H,1,4,7-12,15,19-20,29-32,35-36H2,2H3,(H,56,63)/t39-,44+,49-,51?,52+,53+,55+/m0/s1. The maximum absolute atomic E-state index is 15.5. The van der Waals surface area contributed by atoms with Gasteiger partial charge in [-0.15, -0.1) is 6.58 Å². The molecule has 8 rings (SSSR count). The lowest BCUT2D eigenvalue weighted by molar-refractivity contribution is -0.384. The number of amides is 2. The van der Waals surface area contributed by atoms with Crippen molar-refractivity contribution in [1.82, 2.24) is 10.2 Å². The Morgan fingerprint density at radius 2 is 1.79 bits per heavy atom. The number of aliphatic hydroxyl groups excluding tert-OH is 2. The highest BCUT2D eigenvalue weighted by molar-refractivity contribution is 6.03. The summed E-state index contributed by atoms with van der Waals surface area (Å²) in [7, 11) is 0. The summed E-state index contributed by atoms with van der Waals surface area (Å²) in [5.74, 6) is -2.19. The van der Waals surface area contributed by atoms with Gasteiger partial charge in [0.05, 0.1) is 29.8 Å². The molecule has 4 aromatic rings. The molecule has 15 nitrogen and oxygen atoms in total. The zero-order valence-corrected chi connectivity index (χ0v) is 39.8. The van der Waals surface area contributed by atoms with Gasteiger partial charge in [0.25, 0.3) is 5.69 Å². The highest BCUT2D eigenvalue weighted by Crippen LogP contribution is 2.62. The average Bonchev–Trinajstić information content (AvgIpc) is 3.37. The van der Waals surface area contributed by atoms with E-state index in [-0.39, 0.29) is 62.1 Å². The summed E-state index contributed by atoms with van der Waals surface area (Å²) >= 11 is 0. The summed E-state index contributed by atoms with van der Waals surface area (Å²) in [4.78, 5) is 47.6. The molecule has 15 heteroatoms. The van der Waals surface area contributed by atoms with E-state index in [4.69, 9.17) is 28.9 Å². The smallest absolute Gasteiger partial charge is 0.412 e. The molecule has 370 valence electrons. The number of nitro benzene ring substituents is 1. The van der Waals surface area contributed by atoms with Gasteiger partial charge in [0.2, 0.25) is 18.0 Å². The highest BCUT2D eigenvalue weighted by atomic mass is 16.8. The predicted molar refractivity (Wildman–Crippen MR) is 266 cm³/mol. The minimum atomic E-state index is -1.58. The third-order valence-corrected chi connectivity index (χ3v) is 14.0. The largest absolute Gasteiger partial charge is 0.459 e. The molecule has 0 aromatic heterocycles. The van der Waals surface area contributed by atoms with Gasteiger partial charge in [-0.25, -0.2) is 4.79 Å². The lowest BCUT2D eigenvalue weighted by Crippen LogP contribution is -2.70. The number of carbonyl (C=O) groups is 2. The van der Waals surface area contributed by atoms with Crippen LogP contribution >= 0.6 is 0 Å². The van der Waals surface area contributed by atoms with E-state index in [1.165, 1.54) is 18.2 Å². The number of hydrogen-bond acceptors (Lipinski definition) is 12. The zero-order valence-electron chi connectivity index (χ0n) is 39.8. The molecule has 1 saturated carbocycles. The number of unbranched alkanes of at least 4 members (excludes halogenated alkanes) is 2. The summed E-state index contributed by atoms with van der Waals surface area (Å²) in [6, 6.07) is 24.6. The van der Waals surface area contributed by atoms with E-state index >= 15 is 4.79 Å². The van der Waals surface area contributed by atoms with E-state index in [1.54, 1.807) is 41.3 Å². The summed E-state index contributed by atoms with van der Waals surface area (Å²) < 4.78 is 26.5. The third kappa shape index (κ3) is 11.1. The first kappa shape index (κ1) is 50.0. The molecular formula is C55H64N4O11. The Bertz CT molecular complexity index is 2570. The molecule has 0 spiro atoms. The second-order valence-corrected chi connectivity index (χ2v) is 18.4. The van der Waals surface area contributed by atoms with Crippen molar-refractivity contribution in [2.45, 2.75) is 102 Å². The van der Waals surface area contributed by atoms with Crippen LogP contribution in [0.4, 0.5) is 10.5 Å². The Balaban J connectivity index is 1.36. The number of oxime groups is 1. The van der Waals surface area contributed by atoms with Crippen LogP contribution in [0.15, 0.2) is 120 Å². The van der Waals surface area contributed by atoms with Crippen LogP contribution in [0.25, 0.3) is 16.8 Å². The number of carbonyl (C=O) groups excluding carboxylic acids is 2. The second kappa shape index (κ2) is 23.5. The average molecular weight is 957 g/mol. The van der Waals surface area contributed by atoms with Crippen molar-refractivity contribution in [1.29, 1.82) is 0 Å². The lowest BCUT2D eigenvalue weighted by atomic mass is 9.55. The number of nitro groups is 1. The van der Waals surface area contributed by atoms with Gasteiger partial charge in [-0.3, -0.25) is 14.9 Å². The van der Waals surface area contributed by atoms with Gasteiger partial charge in [0.1, 0.15) is 17.5 Å². The van der Waals surface area contributed by atoms with Gasteiger partial charge in [-0.05, 0) is 121 Å². The molecule has 1 unspecified atom stereocenters. The van der Waals surface area contributed by atoms with Crippen LogP contribution in [0.2, 0.25) is 0 Å². The van der Waals surface area contributed by atoms with E-state index in [1.807, 2.05) is 55.5 Å². The summed E-state index contributed by atoms with van der Waals surface area (Å²) in [6.07, 6.45) is 12.8. The SMILES string of the molecule is C=CCO[C@@]12Oc3ccc(OC(=O)NCC)cc3[C@H]3[C@H](CCCCO)[C@@H](CCCCO)C=C(C(=NOC4CCCCO4)C[C@@H]1N(Cc1cccc4ccccc14)C(=O)C=Cc1ccc([N+](=O)[O-])cc1)[C@H]32. The zero-order chi connectivity index (χ0) is 49.0. The lowest BCUT2D eigenvalue weighted by Gasteiger charge is -2.60. The molecule has 3 N–H and O–H groups in total. The van der Waals surface area contributed by atoms with E-state index in [0.29, 0.717) is 61.6 Å². The van der Waals surface area contributed by atoms with Gasteiger partial charge in [0, 0.05) is 68.8 Å². The van der Waals surface area contributed by atoms with Gasteiger partial charge in [0.15, 0.2) is 0 Å². The van der Waals surface area contributed by atoms with Crippen molar-refractivity contribution in [3.63, 3.8) is 0 Å². The molecule has 4 aromatic carbocycles. The van der Waals surface area contributed by atoms with E-state index in [0.717, 1.165) is 59.6 Å². The molecule has 2 aliphatic heterocycles. The van der Waals surface area contributed by atoms with Crippen molar-refractivity contribution >= 4 is 40.2 Å². The highest BCUT2D eigenvalue weighted by Gasteiger charge is 2.65. The van der Waals surface area contributed by atoms with Crippen molar-refractivity contribution in [3.05, 3.63) is 142 Å². The second-order valence-electron chi connectivity index (χ2n) is 18.4. The molecule has 70 heavy (non-hydrogen) atoms. The summed E-state index contributed by atoms with van der Waals surface area (Å²) in [5.41, 5.74) is 3.69. The maximum atomic E-state index is 15.5. The van der Waals surface area contributed by atoms with Crippen molar-refractivity contribution in [3.8, 4) is 11.5 Å². The minimum Gasteiger partial charge on any atom is -0.459 e. The molecule has 0 radical (unpaired) electrons. The number of benzene rings is 4. The van der Waals surface area contributed by atoms with Crippen LogP contribution in [-0.4, -0.2) is 88.8 Å². The van der Waals surface area contributed by atoms with Crippen molar-refractivity contribution < 1.29 is 48.5 Å². The van der Waals surface area contributed by atoms with Gasteiger partial charge in [-0.1, -0.05) is 72.6 Å². The fourth-order valence-corrected chi connectivity index (χ4v) is 10.8. The van der Waals surface area contributed by atoms with Gasteiger partial charge < -0.3 is 44.2 Å². The predicted octanol–water partition coefficient (Wildman–Crippen LogP) is 9.76. The number of nitrogens with zero attached hydrogens (tertiary/aromatic N) is 3. The summed E-state index contributed by atoms with van der Waals surface area (Å²) in [5, 5.41) is 41.3. The number of ether oxygens (including phenoxy) is 4. The molecule has 0 bridgehead atoms. The first-order chi connectivity index (χ1) is 34.2. The molecule has 1 saturated heterocycles. The third-order valence-electron chi connectivity index (χ3n) is 14.0. The number of nitrogens with one attached hydrogen (secondary N) is 1. The van der Waals surface area contributed by atoms with E-state index in [9.17, 15) is 25.1 Å². The molecule has 7 atom stereocenters. The van der Waals surface area contributed by atoms with Crippen LogP contribution in [0.5, 0.6) is 11.5 Å². The number of hydrogen-bond donors (Lipinski definition) is 3. The molecular weight excluding hydrogens is 893 g/mol. The van der Waals surface area contributed by atoms with Crippen molar-refractivity contribution in [2.24, 2.45) is 22.9 Å². The first-order valence-electron chi connectivity index (χ1n) is 24.7. The number of fused-ring (bicyclic) bond motifs is 3. The van der Waals surface area contributed by atoms with E-state index in [2.05, 4.69) is 18.0 Å². The summed E-state index contributed by atoms with van der Waals surface area (Å²) in [6.45, 7) is 7.09. The number of allylic oxidation sites excluding steroid dienone is 1. The van der Waals surface area contributed by atoms with Crippen molar-refractivity contribution in [2.75, 3.05) is 33.0 Å². The molecule has 2 heterocycles. The monoisotopic (exact) mass is 956 g/mol. The number of aliphatic hydroxyl groups is 2. The topological polar surface area (TPSA) is 192 Å². The minimum absolute atomic E-state index is 0.0248. The molecule has 4 aliphatic rings. The molecule has 2 fully saturated rings. The molecule has 2 aliphatic carbocycles. The van der Waals surface area contributed by atoms with Gasteiger partial charge >= 0.3 is 6.09 Å². The Morgan fingerprint density at radius 1 is 1.00 bits per heavy atom. The fourth-order valence-electron chi connectivity index (χ4n) is 10.8. The Kier molecular flexibility index (Phi) is 16.8. The fraction of sp³-hybridized carbons (Fsp3) is 0.436. The Morgan fingerprint density at radius 3 is 2.53 bits per heavy atom. The first-order valence-corrected chi connectivity index (χ1v) is 24.7. The van der Waals surface area contributed by atoms with Crippen LogP contribution in [-0.2, 0) is 25.7 Å².